The van der Waals surface area contributed by atoms with E-state index < -0.39 is 0 Å². The largest absolute Gasteiger partial charge is 0.483 e. The topological polar surface area (TPSA) is 50.4 Å². The Kier molecular flexibility index (Phi) is 6.71. The lowest BCUT2D eigenvalue weighted by Crippen LogP contribution is -2.20. The number of carbonyl (C=O) groups is 1. The van der Waals surface area contributed by atoms with Gasteiger partial charge in [0.2, 0.25) is 0 Å². The van der Waals surface area contributed by atoms with Gasteiger partial charge in [-0.25, -0.2) is 0 Å². The number of rotatable bonds is 7. The van der Waals surface area contributed by atoms with Gasteiger partial charge in [-0.3, -0.25) is 4.79 Å². The van der Waals surface area contributed by atoms with E-state index in [4.69, 9.17) is 4.74 Å². The molecular weight excluding hydrogens is 416 g/mol. The van der Waals surface area contributed by atoms with Crippen LogP contribution in [0.1, 0.15) is 25.3 Å². The van der Waals surface area contributed by atoms with Crippen LogP contribution in [0.4, 0.5) is 17.1 Å². The Balaban J connectivity index is 1.55. The standard InChI is InChI=1S/C23H23BrN2O2/c1-16(2)21-14-17(24)8-13-22(21)28-15-23(27)26-20-11-9-19(10-12-20)25-18-6-4-3-5-7-18/h3-14,16,25H,15H2,1-2H3,(H,26,27). The first kappa shape index (κ1) is 20.0. The molecule has 0 saturated heterocycles. The predicted octanol–water partition coefficient (Wildman–Crippen LogP) is 6.33. The summed E-state index contributed by atoms with van der Waals surface area (Å²) in [7, 11) is 0. The van der Waals surface area contributed by atoms with Gasteiger partial charge in [0.25, 0.3) is 5.91 Å². The van der Waals surface area contributed by atoms with E-state index in [0.29, 0.717) is 5.92 Å². The average molecular weight is 439 g/mol. The van der Waals surface area contributed by atoms with Gasteiger partial charge in [-0.15, -0.1) is 0 Å². The second-order valence-electron chi connectivity index (χ2n) is 6.74. The van der Waals surface area contributed by atoms with Gasteiger partial charge in [-0.05, 0) is 66.1 Å². The molecule has 3 rings (SSSR count). The van der Waals surface area contributed by atoms with Gasteiger partial charge in [-0.1, -0.05) is 48.0 Å². The summed E-state index contributed by atoms with van der Waals surface area (Å²) in [4.78, 5) is 12.2. The van der Waals surface area contributed by atoms with Crippen LogP contribution < -0.4 is 15.4 Å². The van der Waals surface area contributed by atoms with Crippen molar-refractivity contribution in [1.82, 2.24) is 0 Å². The Morgan fingerprint density at radius 2 is 1.57 bits per heavy atom. The number of carbonyl (C=O) groups excluding carboxylic acids is 1. The molecule has 3 aromatic carbocycles. The van der Waals surface area contributed by atoms with Crippen molar-refractivity contribution in [3.63, 3.8) is 0 Å². The molecule has 5 heteroatoms. The first-order chi connectivity index (χ1) is 13.5. The molecule has 0 bridgehead atoms. The molecule has 0 spiro atoms. The maximum Gasteiger partial charge on any atom is 0.262 e. The van der Waals surface area contributed by atoms with Crippen LogP contribution in [0.15, 0.2) is 77.3 Å². The van der Waals surface area contributed by atoms with E-state index in [2.05, 4.69) is 40.4 Å². The minimum Gasteiger partial charge on any atom is -0.483 e. The summed E-state index contributed by atoms with van der Waals surface area (Å²) in [6, 6.07) is 23.3. The number of para-hydroxylation sites is 1. The van der Waals surface area contributed by atoms with Gasteiger partial charge < -0.3 is 15.4 Å². The van der Waals surface area contributed by atoms with Crippen molar-refractivity contribution in [3.05, 3.63) is 82.8 Å². The fraction of sp³-hybridized carbons (Fsp3) is 0.174. The number of ether oxygens (including phenoxy) is 1. The van der Waals surface area contributed by atoms with Crippen LogP contribution in [-0.4, -0.2) is 12.5 Å². The van der Waals surface area contributed by atoms with Gasteiger partial charge >= 0.3 is 0 Å². The molecule has 2 N–H and O–H groups in total. The molecule has 0 aromatic heterocycles. The highest BCUT2D eigenvalue weighted by atomic mass is 79.9. The number of hydrogen-bond acceptors (Lipinski definition) is 3. The van der Waals surface area contributed by atoms with E-state index >= 15 is 0 Å². The summed E-state index contributed by atoms with van der Waals surface area (Å²) >= 11 is 3.48. The fourth-order valence-corrected chi connectivity index (χ4v) is 3.15. The highest BCUT2D eigenvalue weighted by Gasteiger charge is 2.11. The molecule has 3 aromatic rings. The number of anilines is 3. The third-order valence-electron chi connectivity index (χ3n) is 4.18. The third kappa shape index (κ3) is 5.60. The monoisotopic (exact) mass is 438 g/mol. The Morgan fingerprint density at radius 3 is 2.25 bits per heavy atom. The molecule has 0 aliphatic heterocycles. The molecule has 144 valence electrons. The van der Waals surface area contributed by atoms with E-state index in [9.17, 15) is 4.79 Å². The van der Waals surface area contributed by atoms with Crippen LogP contribution in [0.2, 0.25) is 0 Å². The summed E-state index contributed by atoms with van der Waals surface area (Å²) in [5, 5.41) is 6.17. The summed E-state index contributed by atoms with van der Waals surface area (Å²) in [5.74, 6) is 0.845. The first-order valence-corrected chi connectivity index (χ1v) is 9.95. The second-order valence-corrected chi connectivity index (χ2v) is 7.66. The zero-order valence-electron chi connectivity index (χ0n) is 15.9. The van der Waals surface area contributed by atoms with E-state index in [1.165, 1.54) is 0 Å². The second kappa shape index (κ2) is 9.42. The molecule has 0 saturated carbocycles. The number of amides is 1. The molecule has 1 amide bonds. The van der Waals surface area contributed by atoms with Gasteiger partial charge in [0.15, 0.2) is 6.61 Å². The molecule has 0 aliphatic carbocycles. The normalized spacial score (nSPS) is 10.6. The molecule has 0 unspecified atom stereocenters. The van der Waals surface area contributed by atoms with E-state index in [1.54, 1.807) is 0 Å². The van der Waals surface area contributed by atoms with Crippen LogP contribution in [-0.2, 0) is 4.79 Å². The van der Waals surface area contributed by atoms with E-state index in [0.717, 1.165) is 32.8 Å². The Hall–Kier alpha value is -2.79. The van der Waals surface area contributed by atoms with Crippen molar-refractivity contribution in [2.24, 2.45) is 0 Å². The maximum absolute atomic E-state index is 12.2. The van der Waals surface area contributed by atoms with Crippen LogP contribution in [0.25, 0.3) is 0 Å². The molecule has 28 heavy (non-hydrogen) atoms. The average Bonchev–Trinajstić information content (AvgIpc) is 2.69. The van der Waals surface area contributed by atoms with Crippen molar-refractivity contribution in [2.45, 2.75) is 19.8 Å². The molecule has 0 aliphatic rings. The fourth-order valence-electron chi connectivity index (χ4n) is 2.77. The van der Waals surface area contributed by atoms with Gasteiger partial charge in [0, 0.05) is 21.5 Å². The van der Waals surface area contributed by atoms with Crippen molar-refractivity contribution in [2.75, 3.05) is 17.2 Å². The van der Waals surface area contributed by atoms with Gasteiger partial charge in [0.05, 0.1) is 0 Å². The van der Waals surface area contributed by atoms with E-state index in [1.807, 2.05) is 72.8 Å². The molecule has 0 atom stereocenters. The predicted molar refractivity (Wildman–Crippen MR) is 119 cm³/mol. The number of benzene rings is 3. The lowest BCUT2D eigenvalue weighted by Gasteiger charge is -2.14. The number of nitrogens with one attached hydrogen (secondary N) is 2. The van der Waals surface area contributed by atoms with Crippen LogP contribution in [0.3, 0.4) is 0 Å². The Bertz CT molecular complexity index is 925. The van der Waals surface area contributed by atoms with Crippen LogP contribution >= 0.6 is 15.9 Å². The lowest BCUT2D eigenvalue weighted by atomic mass is 10.0. The SMILES string of the molecule is CC(C)c1cc(Br)ccc1OCC(=O)Nc1ccc(Nc2ccccc2)cc1. The molecule has 0 fully saturated rings. The zero-order chi connectivity index (χ0) is 19.9. The number of hydrogen-bond donors (Lipinski definition) is 2. The van der Waals surface area contributed by atoms with Crippen LogP contribution in [0, 0.1) is 0 Å². The summed E-state index contributed by atoms with van der Waals surface area (Å²) in [6.07, 6.45) is 0. The molecule has 0 heterocycles. The van der Waals surface area contributed by atoms with Crippen molar-refractivity contribution < 1.29 is 9.53 Å². The summed E-state index contributed by atoms with van der Waals surface area (Å²) < 4.78 is 6.74. The minimum absolute atomic E-state index is 0.0363. The van der Waals surface area contributed by atoms with Gasteiger partial charge in [-0.2, -0.15) is 0 Å². The van der Waals surface area contributed by atoms with E-state index in [-0.39, 0.29) is 12.5 Å². The maximum atomic E-state index is 12.2. The van der Waals surface area contributed by atoms with Gasteiger partial charge in [0.1, 0.15) is 5.75 Å². The third-order valence-corrected chi connectivity index (χ3v) is 4.68. The molecule has 4 nitrogen and oxygen atoms in total. The Labute approximate surface area is 174 Å². The lowest BCUT2D eigenvalue weighted by molar-refractivity contribution is -0.118. The van der Waals surface area contributed by atoms with Crippen molar-refractivity contribution in [1.29, 1.82) is 0 Å². The smallest absolute Gasteiger partial charge is 0.262 e. The van der Waals surface area contributed by atoms with Crippen molar-refractivity contribution >= 4 is 38.9 Å². The minimum atomic E-state index is -0.193. The highest BCUT2D eigenvalue weighted by molar-refractivity contribution is 9.10. The first-order valence-electron chi connectivity index (χ1n) is 9.15. The summed E-state index contributed by atoms with van der Waals surface area (Å²) in [5.41, 5.74) is 3.77. The summed E-state index contributed by atoms with van der Waals surface area (Å²) in [6.45, 7) is 4.16. The van der Waals surface area contributed by atoms with Crippen molar-refractivity contribution in [3.8, 4) is 5.75 Å². The Morgan fingerprint density at radius 1 is 0.929 bits per heavy atom. The molecule has 0 radical (unpaired) electrons. The quantitative estimate of drug-likeness (QED) is 0.452. The highest BCUT2D eigenvalue weighted by Crippen LogP contribution is 2.29. The zero-order valence-corrected chi connectivity index (χ0v) is 17.5. The van der Waals surface area contributed by atoms with Crippen LogP contribution in [0.5, 0.6) is 5.75 Å². The molecular formula is C23H23BrN2O2. The number of halogens is 1.